The number of ether oxygens (including phenoxy) is 1. The lowest BCUT2D eigenvalue weighted by atomic mass is 10.2. The van der Waals surface area contributed by atoms with E-state index in [0.717, 1.165) is 13.2 Å². The van der Waals surface area contributed by atoms with E-state index in [2.05, 4.69) is 17.2 Å². The van der Waals surface area contributed by atoms with Crippen LogP contribution in [0, 0.1) is 0 Å². The van der Waals surface area contributed by atoms with Gasteiger partial charge in [-0.3, -0.25) is 4.68 Å². The third kappa shape index (κ3) is 1.21. The van der Waals surface area contributed by atoms with Crippen LogP contribution in [0.3, 0.4) is 0 Å². The Morgan fingerprint density at radius 3 is 3.15 bits per heavy atom. The van der Waals surface area contributed by atoms with Gasteiger partial charge in [-0.1, -0.05) is 18.2 Å². The van der Waals surface area contributed by atoms with Gasteiger partial charge in [0.2, 0.25) is 0 Å². The van der Waals surface area contributed by atoms with Crippen molar-refractivity contribution in [2.75, 3.05) is 6.61 Å². The van der Waals surface area contributed by atoms with E-state index in [9.17, 15) is 0 Å². The molecule has 1 unspecified atom stereocenters. The zero-order chi connectivity index (χ0) is 8.67. The standard InChI is InChI=1S/C10H10N2O/c1-2-4-10-8(3-1)5-11-12(10)6-9-7-13-9/h1-5,9H,6-7H2. The molecule has 1 aromatic carbocycles. The van der Waals surface area contributed by atoms with E-state index in [1.807, 2.05) is 23.0 Å². The third-order valence-electron chi connectivity index (χ3n) is 2.33. The molecule has 1 aromatic heterocycles. The lowest BCUT2D eigenvalue weighted by Gasteiger charge is -1.98. The molecule has 2 heterocycles. The average Bonchev–Trinajstić information content (AvgIpc) is 2.88. The topological polar surface area (TPSA) is 30.4 Å². The smallest absolute Gasteiger partial charge is 0.101 e. The summed E-state index contributed by atoms with van der Waals surface area (Å²) in [6, 6.07) is 8.23. The molecule has 0 aliphatic carbocycles. The van der Waals surface area contributed by atoms with E-state index in [1.54, 1.807) is 0 Å². The van der Waals surface area contributed by atoms with Gasteiger partial charge in [0.05, 0.1) is 24.9 Å². The maximum Gasteiger partial charge on any atom is 0.101 e. The Labute approximate surface area is 75.9 Å². The highest BCUT2D eigenvalue weighted by Crippen LogP contribution is 2.17. The molecule has 3 heteroatoms. The summed E-state index contributed by atoms with van der Waals surface area (Å²) in [5, 5.41) is 5.51. The van der Waals surface area contributed by atoms with Gasteiger partial charge in [-0.25, -0.2) is 0 Å². The number of para-hydroxylation sites is 1. The molecule has 1 atom stereocenters. The summed E-state index contributed by atoms with van der Waals surface area (Å²) < 4.78 is 7.18. The zero-order valence-corrected chi connectivity index (χ0v) is 7.18. The van der Waals surface area contributed by atoms with Crippen molar-refractivity contribution in [1.29, 1.82) is 0 Å². The van der Waals surface area contributed by atoms with Crippen molar-refractivity contribution >= 4 is 10.9 Å². The first-order valence-corrected chi connectivity index (χ1v) is 4.45. The van der Waals surface area contributed by atoms with Crippen LogP contribution in [-0.4, -0.2) is 22.5 Å². The van der Waals surface area contributed by atoms with Crippen LogP contribution in [0.1, 0.15) is 0 Å². The van der Waals surface area contributed by atoms with Crippen molar-refractivity contribution < 1.29 is 4.74 Å². The Balaban J connectivity index is 2.06. The highest BCUT2D eigenvalue weighted by atomic mass is 16.6. The third-order valence-corrected chi connectivity index (χ3v) is 2.33. The summed E-state index contributed by atoms with van der Waals surface area (Å²) in [6.07, 6.45) is 2.29. The second-order valence-corrected chi connectivity index (χ2v) is 3.34. The number of epoxide rings is 1. The summed E-state index contributed by atoms with van der Waals surface area (Å²) >= 11 is 0. The fourth-order valence-electron chi connectivity index (χ4n) is 1.54. The quantitative estimate of drug-likeness (QED) is 0.645. The van der Waals surface area contributed by atoms with E-state index >= 15 is 0 Å². The minimum absolute atomic E-state index is 0.392. The number of aromatic nitrogens is 2. The van der Waals surface area contributed by atoms with Crippen LogP contribution < -0.4 is 0 Å². The molecule has 0 radical (unpaired) electrons. The molecule has 1 aliphatic rings. The first-order valence-electron chi connectivity index (χ1n) is 4.45. The Kier molecular flexibility index (Phi) is 1.40. The number of benzene rings is 1. The molecule has 13 heavy (non-hydrogen) atoms. The first kappa shape index (κ1) is 7.09. The molecule has 0 N–H and O–H groups in total. The molecule has 3 nitrogen and oxygen atoms in total. The van der Waals surface area contributed by atoms with Crippen LogP contribution in [0.25, 0.3) is 10.9 Å². The Bertz CT molecular complexity index is 431. The van der Waals surface area contributed by atoms with Gasteiger partial charge in [0.15, 0.2) is 0 Å². The minimum Gasteiger partial charge on any atom is -0.371 e. The minimum atomic E-state index is 0.392. The van der Waals surface area contributed by atoms with Crippen LogP contribution in [0.5, 0.6) is 0 Å². The van der Waals surface area contributed by atoms with Crippen molar-refractivity contribution in [3.8, 4) is 0 Å². The van der Waals surface area contributed by atoms with Crippen LogP contribution >= 0.6 is 0 Å². The maximum atomic E-state index is 5.17. The lowest BCUT2D eigenvalue weighted by molar-refractivity contribution is 0.376. The summed E-state index contributed by atoms with van der Waals surface area (Å²) in [5.41, 5.74) is 1.19. The largest absolute Gasteiger partial charge is 0.371 e. The highest BCUT2D eigenvalue weighted by molar-refractivity contribution is 5.78. The predicted molar refractivity (Wildman–Crippen MR) is 49.5 cm³/mol. The molecule has 2 aromatic rings. The molecule has 1 fully saturated rings. The molecule has 1 saturated heterocycles. The lowest BCUT2D eigenvalue weighted by Crippen LogP contribution is -2.04. The van der Waals surface area contributed by atoms with Gasteiger partial charge in [-0.05, 0) is 6.07 Å². The van der Waals surface area contributed by atoms with Gasteiger partial charge in [-0.2, -0.15) is 5.10 Å². The fourth-order valence-corrected chi connectivity index (χ4v) is 1.54. The van der Waals surface area contributed by atoms with Crippen molar-refractivity contribution in [1.82, 2.24) is 9.78 Å². The molecule has 0 bridgehead atoms. The number of nitrogens with zero attached hydrogens (tertiary/aromatic N) is 2. The number of hydrogen-bond donors (Lipinski definition) is 0. The van der Waals surface area contributed by atoms with Crippen LogP contribution in [0.15, 0.2) is 30.5 Å². The molecule has 0 saturated carbocycles. The molecule has 66 valence electrons. The monoisotopic (exact) mass is 174 g/mol. The summed E-state index contributed by atoms with van der Waals surface area (Å²) in [5.74, 6) is 0. The van der Waals surface area contributed by atoms with E-state index in [0.29, 0.717) is 6.10 Å². The Morgan fingerprint density at radius 1 is 1.46 bits per heavy atom. The molecule has 1 aliphatic heterocycles. The second kappa shape index (κ2) is 2.57. The number of hydrogen-bond acceptors (Lipinski definition) is 2. The maximum absolute atomic E-state index is 5.17. The van der Waals surface area contributed by atoms with Crippen molar-refractivity contribution in [2.24, 2.45) is 0 Å². The van der Waals surface area contributed by atoms with Crippen LogP contribution in [0.2, 0.25) is 0 Å². The van der Waals surface area contributed by atoms with Crippen LogP contribution in [-0.2, 0) is 11.3 Å². The average molecular weight is 174 g/mol. The zero-order valence-electron chi connectivity index (χ0n) is 7.18. The second-order valence-electron chi connectivity index (χ2n) is 3.34. The molecule has 0 spiro atoms. The first-order chi connectivity index (χ1) is 6.43. The van der Waals surface area contributed by atoms with Crippen molar-refractivity contribution in [2.45, 2.75) is 12.6 Å². The molecular weight excluding hydrogens is 164 g/mol. The summed E-state index contributed by atoms with van der Waals surface area (Å²) in [6.45, 7) is 1.77. The Hall–Kier alpha value is -1.35. The van der Waals surface area contributed by atoms with Gasteiger partial charge in [0.1, 0.15) is 6.10 Å². The van der Waals surface area contributed by atoms with Gasteiger partial charge >= 0.3 is 0 Å². The summed E-state index contributed by atoms with van der Waals surface area (Å²) in [4.78, 5) is 0. The van der Waals surface area contributed by atoms with E-state index < -0.39 is 0 Å². The van der Waals surface area contributed by atoms with Gasteiger partial charge in [-0.15, -0.1) is 0 Å². The molecule has 0 amide bonds. The SMILES string of the molecule is c1ccc2c(c1)cnn2CC1CO1. The predicted octanol–water partition coefficient (Wildman–Crippen LogP) is 1.44. The number of fused-ring (bicyclic) bond motifs is 1. The normalized spacial score (nSPS) is 20.8. The van der Waals surface area contributed by atoms with Crippen LogP contribution in [0.4, 0.5) is 0 Å². The Morgan fingerprint density at radius 2 is 2.31 bits per heavy atom. The highest BCUT2D eigenvalue weighted by Gasteiger charge is 2.23. The van der Waals surface area contributed by atoms with Crippen molar-refractivity contribution in [3.63, 3.8) is 0 Å². The fraction of sp³-hybridized carbons (Fsp3) is 0.300. The summed E-state index contributed by atoms with van der Waals surface area (Å²) in [7, 11) is 0. The van der Waals surface area contributed by atoms with E-state index in [1.165, 1.54) is 10.9 Å². The van der Waals surface area contributed by atoms with Gasteiger partial charge < -0.3 is 4.74 Å². The van der Waals surface area contributed by atoms with E-state index in [4.69, 9.17) is 4.74 Å². The van der Waals surface area contributed by atoms with Gasteiger partial charge in [0, 0.05) is 5.39 Å². The van der Waals surface area contributed by atoms with E-state index in [-0.39, 0.29) is 0 Å². The molecule has 3 rings (SSSR count). The van der Waals surface area contributed by atoms with Crippen molar-refractivity contribution in [3.05, 3.63) is 30.5 Å². The van der Waals surface area contributed by atoms with Gasteiger partial charge in [0.25, 0.3) is 0 Å². The molecular formula is C10H10N2O. The number of rotatable bonds is 2.